The number of carbonyl (C=O) groups is 3. The number of carbonyl (C=O) groups excluding carboxylic acids is 2. The smallest absolute Gasteiger partial charge is 0.335 e. The Morgan fingerprint density at radius 3 is 2.40 bits per heavy atom. The molecule has 30 heavy (non-hydrogen) atoms. The molecule has 1 atom stereocenters. The number of nitrogens with zero attached hydrogens (tertiary/aromatic N) is 2. The number of halogens is 2. The van der Waals surface area contributed by atoms with Crippen LogP contribution in [-0.2, 0) is 9.59 Å². The number of carboxylic acids is 1. The van der Waals surface area contributed by atoms with Gasteiger partial charge in [-0.25, -0.2) is 9.79 Å². The lowest BCUT2D eigenvalue weighted by Gasteiger charge is -2.30. The zero-order valence-corrected chi connectivity index (χ0v) is 18.1. The fourth-order valence-electron chi connectivity index (χ4n) is 2.79. The monoisotopic (exact) mass is 465 g/mol. The summed E-state index contributed by atoms with van der Waals surface area (Å²) in [6.45, 7) is 2.23. The number of aliphatic imine (C=N–C) groups is 1. The average Bonchev–Trinajstić information content (AvgIpc) is 2.67. The van der Waals surface area contributed by atoms with Gasteiger partial charge in [0.2, 0.25) is 11.8 Å². The molecule has 1 fully saturated rings. The molecule has 2 aromatic carbocycles. The van der Waals surface area contributed by atoms with Gasteiger partial charge in [0.25, 0.3) is 0 Å². The SMILES string of the molecule is CCN1C(=O)CC(C(=O)Nc2ccc(C(=O)O)cc2)SC1=Nc1cc(Cl)cc(Cl)c1. The van der Waals surface area contributed by atoms with E-state index in [9.17, 15) is 14.4 Å². The number of hydrogen-bond donors (Lipinski definition) is 2. The van der Waals surface area contributed by atoms with Gasteiger partial charge < -0.3 is 10.4 Å². The standard InChI is InChI=1S/C20H17Cl2N3O4S/c1-2-25-17(26)10-16(18(27)23-14-5-3-11(4-6-14)19(28)29)30-20(25)24-15-8-12(21)7-13(22)9-15/h3-9,16H,2,10H2,1H3,(H,23,27)(H,28,29). The van der Waals surface area contributed by atoms with Crippen molar-refractivity contribution in [2.45, 2.75) is 18.6 Å². The molecule has 0 spiro atoms. The van der Waals surface area contributed by atoms with Gasteiger partial charge in [-0.3, -0.25) is 14.5 Å². The second-order valence-corrected chi connectivity index (χ2v) is 8.39. The normalized spacial score (nSPS) is 17.8. The van der Waals surface area contributed by atoms with Crippen molar-refractivity contribution in [3.63, 3.8) is 0 Å². The van der Waals surface area contributed by atoms with Gasteiger partial charge in [0.05, 0.1) is 11.3 Å². The van der Waals surface area contributed by atoms with Crippen molar-refractivity contribution in [1.82, 2.24) is 4.90 Å². The maximum absolute atomic E-state index is 12.7. The molecule has 2 amide bonds. The highest BCUT2D eigenvalue weighted by Gasteiger charge is 2.35. The van der Waals surface area contributed by atoms with Gasteiger partial charge >= 0.3 is 5.97 Å². The first-order valence-corrected chi connectivity index (χ1v) is 10.6. The minimum atomic E-state index is -1.05. The highest BCUT2D eigenvalue weighted by molar-refractivity contribution is 8.15. The number of anilines is 1. The van der Waals surface area contributed by atoms with Gasteiger partial charge in [-0.05, 0) is 49.4 Å². The summed E-state index contributed by atoms with van der Waals surface area (Å²) >= 11 is 13.2. The number of rotatable bonds is 5. The molecule has 0 radical (unpaired) electrons. The molecule has 2 aromatic rings. The Hall–Kier alpha value is -2.55. The van der Waals surface area contributed by atoms with E-state index in [1.165, 1.54) is 40.9 Å². The summed E-state index contributed by atoms with van der Waals surface area (Å²) in [5.41, 5.74) is 1.03. The Kier molecular flexibility index (Phi) is 7.02. The molecule has 0 aromatic heterocycles. The van der Waals surface area contributed by atoms with E-state index in [1.807, 2.05) is 6.92 Å². The first-order chi connectivity index (χ1) is 14.3. The van der Waals surface area contributed by atoms with Crippen LogP contribution in [-0.4, -0.2) is 44.8 Å². The molecule has 1 unspecified atom stereocenters. The van der Waals surface area contributed by atoms with Crippen molar-refractivity contribution in [2.75, 3.05) is 11.9 Å². The predicted octanol–water partition coefficient (Wildman–Crippen LogP) is 4.67. The number of carboxylic acid groups (broad SMARTS) is 1. The van der Waals surface area contributed by atoms with E-state index in [1.54, 1.807) is 18.2 Å². The van der Waals surface area contributed by atoms with Crippen molar-refractivity contribution in [1.29, 1.82) is 0 Å². The van der Waals surface area contributed by atoms with E-state index in [0.29, 0.717) is 33.1 Å². The lowest BCUT2D eigenvalue weighted by Crippen LogP contribution is -2.45. The van der Waals surface area contributed by atoms with Crippen molar-refractivity contribution in [2.24, 2.45) is 4.99 Å². The van der Waals surface area contributed by atoms with E-state index in [4.69, 9.17) is 28.3 Å². The molecular formula is C20H17Cl2N3O4S. The summed E-state index contributed by atoms with van der Waals surface area (Å²) in [6.07, 6.45) is 0.0207. The van der Waals surface area contributed by atoms with Crippen LogP contribution in [0.25, 0.3) is 0 Å². The molecule has 7 nitrogen and oxygen atoms in total. The third-order valence-electron chi connectivity index (χ3n) is 4.22. The second kappa shape index (κ2) is 9.51. The molecule has 0 saturated carbocycles. The van der Waals surface area contributed by atoms with Gasteiger partial charge in [-0.1, -0.05) is 35.0 Å². The summed E-state index contributed by atoms with van der Waals surface area (Å²) in [4.78, 5) is 42.2. The number of thioether (sulfide) groups is 1. The van der Waals surface area contributed by atoms with E-state index >= 15 is 0 Å². The van der Waals surface area contributed by atoms with Crippen molar-refractivity contribution in [3.05, 3.63) is 58.1 Å². The Labute approximate surface area is 187 Å². The van der Waals surface area contributed by atoms with Crippen LogP contribution >= 0.6 is 35.0 Å². The molecular weight excluding hydrogens is 449 g/mol. The maximum Gasteiger partial charge on any atom is 0.335 e. The molecule has 2 N–H and O–H groups in total. The van der Waals surface area contributed by atoms with Crippen LogP contribution in [0.2, 0.25) is 10.0 Å². The molecule has 3 rings (SSSR count). The quantitative estimate of drug-likeness (QED) is 0.667. The second-order valence-electron chi connectivity index (χ2n) is 6.34. The van der Waals surface area contributed by atoms with Crippen LogP contribution in [0, 0.1) is 0 Å². The fourth-order valence-corrected chi connectivity index (χ4v) is 4.46. The number of hydrogen-bond acceptors (Lipinski definition) is 5. The van der Waals surface area contributed by atoms with Crippen LogP contribution < -0.4 is 5.32 Å². The van der Waals surface area contributed by atoms with Gasteiger partial charge in [0.15, 0.2) is 5.17 Å². The fraction of sp³-hybridized carbons (Fsp3) is 0.200. The predicted molar refractivity (Wildman–Crippen MR) is 119 cm³/mol. The number of nitrogens with one attached hydrogen (secondary N) is 1. The third-order valence-corrected chi connectivity index (χ3v) is 5.84. The highest BCUT2D eigenvalue weighted by atomic mass is 35.5. The average molecular weight is 466 g/mol. The first-order valence-electron chi connectivity index (χ1n) is 8.93. The summed E-state index contributed by atoms with van der Waals surface area (Å²) in [6, 6.07) is 10.6. The van der Waals surface area contributed by atoms with E-state index in [-0.39, 0.29) is 23.8 Å². The van der Waals surface area contributed by atoms with E-state index < -0.39 is 11.2 Å². The van der Waals surface area contributed by atoms with E-state index in [0.717, 1.165) is 0 Å². The molecule has 0 bridgehead atoms. The number of amidine groups is 1. The number of benzene rings is 2. The van der Waals surface area contributed by atoms with Crippen molar-refractivity contribution < 1.29 is 19.5 Å². The van der Waals surface area contributed by atoms with Crippen LogP contribution in [0.4, 0.5) is 11.4 Å². The molecule has 1 heterocycles. The number of amides is 2. The van der Waals surface area contributed by atoms with Crippen molar-refractivity contribution >= 4 is 69.3 Å². The van der Waals surface area contributed by atoms with Gasteiger partial charge in [-0.15, -0.1) is 0 Å². The zero-order chi connectivity index (χ0) is 21.8. The van der Waals surface area contributed by atoms with Gasteiger partial charge in [0, 0.05) is 28.7 Å². The molecule has 156 valence electrons. The van der Waals surface area contributed by atoms with Crippen LogP contribution in [0.3, 0.4) is 0 Å². The largest absolute Gasteiger partial charge is 0.478 e. The Bertz CT molecular complexity index is 1010. The lowest BCUT2D eigenvalue weighted by atomic mass is 10.2. The molecule has 1 aliphatic heterocycles. The molecule has 0 aliphatic carbocycles. The first kappa shape index (κ1) is 22.1. The topological polar surface area (TPSA) is 99.1 Å². The minimum Gasteiger partial charge on any atom is -0.478 e. The summed E-state index contributed by atoms with van der Waals surface area (Å²) < 4.78 is 0. The highest BCUT2D eigenvalue weighted by Crippen LogP contribution is 2.31. The third kappa shape index (κ3) is 5.33. The number of aromatic carboxylic acids is 1. The van der Waals surface area contributed by atoms with Crippen LogP contribution in [0.1, 0.15) is 23.7 Å². The Morgan fingerprint density at radius 2 is 1.83 bits per heavy atom. The summed E-state index contributed by atoms with van der Waals surface area (Å²) in [7, 11) is 0. The van der Waals surface area contributed by atoms with Crippen LogP contribution in [0.5, 0.6) is 0 Å². The maximum atomic E-state index is 12.7. The van der Waals surface area contributed by atoms with E-state index in [2.05, 4.69) is 10.3 Å². The molecule has 10 heteroatoms. The van der Waals surface area contributed by atoms with Crippen molar-refractivity contribution in [3.8, 4) is 0 Å². The van der Waals surface area contributed by atoms with Gasteiger partial charge in [0.1, 0.15) is 5.25 Å². The Balaban J connectivity index is 1.80. The zero-order valence-electron chi connectivity index (χ0n) is 15.8. The molecule has 1 aliphatic rings. The summed E-state index contributed by atoms with van der Waals surface area (Å²) in [5, 5.41) is 12.2. The Morgan fingerprint density at radius 1 is 1.20 bits per heavy atom. The van der Waals surface area contributed by atoms with Gasteiger partial charge in [-0.2, -0.15) is 0 Å². The minimum absolute atomic E-state index is 0.0207. The summed E-state index contributed by atoms with van der Waals surface area (Å²) in [5.74, 6) is -1.64. The molecule has 1 saturated heterocycles. The lowest BCUT2D eigenvalue weighted by molar-refractivity contribution is -0.129. The van der Waals surface area contributed by atoms with Crippen LogP contribution in [0.15, 0.2) is 47.5 Å².